The zero-order valence-corrected chi connectivity index (χ0v) is 15.1. The molecule has 6 heteroatoms. The molecule has 0 spiro atoms. The zero-order chi connectivity index (χ0) is 17.1. The maximum atomic E-state index is 10.0. The van der Waals surface area contributed by atoms with Gasteiger partial charge >= 0.3 is 0 Å². The van der Waals surface area contributed by atoms with Gasteiger partial charge in [0, 0.05) is 19.6 Å². The van der Waals surface area contributed by atoms with Crippen molar-refractivity contribution in [2.24, 2.45) is 5.92 Å². The topological polar surface area (TPSA) is 67.1 Å². The fraction of sp³-hybridized carbons (Fsp3) is 0.722. The van der Waals surface area contributed by atoms with Crippen LogP contribution in [0.15, 0.2) is 6.33 Å². The lowest BCUT2D eigenvalue weighted by atomic mass is 10.0. The van der Waals surface area contributed by atoms with Crippen LogP contribution in [0.5, 0.6) is 0 Å². The highest BCUT2D eigenvalue weighted by Gasteiger charge is 2.24. The van der Waals surface area contributed by atoms with Crippen molar-refractivity contribution in [2.75, 3.05) is 18.0 Å². The number of aromatic nitrogens is 4. The van der Waals surface area contributed by atoms with Crippen LogP contribution in [-0.4, -0.2) is 44.0 Å². The molecule has 0 radical (unpaired) electrons. The number of rotatable bonds is 6. The molecule has 0 saturated carbocycles. The summed E-state index contributed by atoms with van der Waals surface area (Å²) in [5, 5.41) is 16.0. The quantitative estimate of drug-likeness (QED) is 0.881. The third-order valence-electron chi connectivity index (χ3n) is 4.60. The van der Waals surface area contributed by atoms with E-state index in [9.17, 15) is 5.11 Å². The lowest BCUT2D eigenvalue weighted by Gasteiger charge is -2.31. The van der Waals surface area contributed by atoms with Crippen molar-refractivity contribution in [3.05, 3.63) is 12.0 Å². The first-order chi connectivity index (χ1) is 11.6. The Kier molecular flexibility index (Phi) is 5.33. The number of unbranched alkanes of at least 4 members (excludes halogenated alkanes) is 1. The van der Waals surface area contributed by atoms with Crippen molar-refractivity contribution >= 4 is 16.9 Å². The molecule has 3 rings (SSSR count). The molecule has 1 saturated heterocycles. The second-order valence-electron chi connectivity index (χ2n) is 7.26. The Bertz CT molecular complexity index is 681. The van der Waals surface area contributed by atoms with Crippen LogP contribution in [0.25, 0.3) is 11.0 Å². The Balaban J connectivity index is 2.06. The Morgan fingerprint density at radius 2 is 2.17 bits per heavy atom. The molecule has 24 heavy (non-hydrogen) atoms. The number of hydrogen-bond donors (Lipinski definition) is 1. The number of fused-ring (bicyclic) bond motifs is 1. The number of nitrogens with zero attached hydrogens (tertiary/aromatic N) is 5. The average Bonchev–Trinajstić information content (AvgIpc) is 2.90. The molecule has 1 N–H and O–H groups in total. The summed E-state index contributed by atoms with van der Waals surface area (Å²) in [5.74, 6) is 1.47. The second-order valence-corrected chi connectivity index (χ2v) is 7.26. The van der Waals surface area contributed by atoms with Crippen LogP contribution in [0.2, 0.25) is 0 Å². The van der Waals surface area contributed by atoms with Gasteiger partial charge in [-0.15, -0.1) is 0 Å². The molecule has 1 fully saturated rings. The predicted molar refractivity (Wildman–Crippen MR) is 96.2 cm³/mol. The molecule has 0 bridgehead atoms. The van der Waals surface area contributed by atoms with E-state index < -0.39 is 0 Å². The van der Waals surface area contributed by atoms with Gasteiger partial charge in [0.05, 0.1) is 17.2 Å². The van der Waals surface area contributed by atoms with Gasteiger partial charge in [-0.05, 0) is 31.6 Å². The van der Waals surface area contributed by atoms with E-state index in [0.717, 1.165) is 67.7 Å². The van der Waals surface area contributed by atoms with Crippen LogP contribution < -0.4 is 4.90 Å². The molecule has 0 aliphatic carbocycles. The SMILES string of the molecule is CCCCn1nc(CC(C)C)c2c(N3CCCC(O)C3)ncnc21. The summed E-state index contributed by atoms with van der Waals surface area (Å²) >= 11 is 0. The minimum absolute atomic E-state index is 0.271. The van der Waals surface area contributed by atoms with Gasteiger partial charge < -0.3 is 10.0 Å². The van der Waals surface area contributed by atoms with E-state index in [1.165, 1.54) is 0 Å². The molecule has 0 aromatic carbocycles. The van der Waals surface area contributed by atoms with Crippen LogP contribution >= 0.6 is 0 Å². The van der Waals surface area contributed by atoms with Crippen LogP contribution in [0.3, 0.4) is 0 Å². The van der Waals surface area contributed by atoms with Gasteiger partial charge in [0.2, 0.25) is 0 Å². The minimum Gasteiger partial charge on any atom is -0.391 e. The summed E-state index contributed by atoms with van der Waals surface area (Å²) in [6, 6.07) is 0. The van der Waals surface area contributed by atoms with E-state index in [4.69, 9.17) is 5.10 Å². The summed E-state index contributed by atoms with van der Waals surface area (Å²) in [7, 11) is 0. The number of aryl methyl sites for hydroxylation is 1. The van der Waals surface area contributed by atoms with E-state index in [1.54, 1.807) is 6.33 Å². The van der Waals surface area contributed by atoms with E-state index in [-0.39, 0.29) is 6.10 Å². The third-order valence-corrected chi connectivity index (χ3v) is 4.60. The Labute approximate surface area is 143 Å². The molecular formula is C18H29N5O. The first-order valence-corrected chi connectivity index (χ1v) is 9.23. The van der Waals surface area contributed by atoms with Crippen molar-refractivity contribution in [3.8, 4) is 0 Å². The standard InChI is InChI=1S/C18H29N5O/c1-4-5-9-23-18-16(15(21-23)10-13(2)3)17(19-12-20-18)22-8-6-7-14(24)11-22/h12-14,24H,4-11H2,1-3H3. The van der Waals surface area contributed by atoms with Crippen LogP contribution in [0.1, 0.15) is 52.1 Å². The number of β-amino-alcohol motifs (C(OH)–C–C–N with tert-alkyl or cyclic N) is 1. The molecule has 0 amide bonds. The van der Waals surface area contributed by atoms with Crippen molar-refractivity contribution < 1.29 is 5.11 Å². The molecule has 2 aromatic rings. The van der Waals surface area contributed by atoms with Gasteiger partial charge in [-0.1, -0.05) is 27.2 Å². The van der Waals surface area contributed by atoms with E-state index in [1.807, 2.05) is 4.68 Å². The molecule has 2 aromatic heterocycles. The molecule has 1 atom stereocenters. The van der Waals surface area contributed by atoms with Crippen molar-refractivity contribution in [2.45, 2.75) is 65.5 Å². The Morgan fingerprint density at radius 1 is 1.33 bits per heavy atom. The van der Waals surface area contributed by atoms with Gasteiger partial charge in [-0.2, -0.15) is 5.10 Å². The number of aliphatic hydroxyl groups is 1. The summed E-state index contributed by atoms with van der Waals surface area (Å²) in [4.78, 5) is 11.3. The van der Waals surface area contributed by atoms with Gasteiger partial charge in [-0.3, -0.25) is 0 Å². The lowest BCUT2D eigenvalue weighted by Crippen LogP contribution is -2.38. The van der Waals surface area contributed by atoms with Crippen LogP contribution in [0, 0.1) is 5.92 Å². The van der Waals surface area contributed by atoms with Crippen molar-refractivity contribution in [3.63, 3.8) is 0 Å². The molecule has 1 unspecified atom stereocenters. The summed E-state index contributed by atoms with van der Waals surface area (Å²) in [6.45, 7) is 9.09. The van der Waals surface area contributed by atoms with Gasteiger partial charge in [0.15, 0.2) is 5.65 Å². The largest absolute Gasteiger partial charge is 0.391 e. The summed E-state index contributed by atoms with van der Waals surface area (Å²) < 4.78 is 2.04. The highest BCUT2D eigenvalue weighted by Crippen LogP contribution is 2.30. The van der Waals surface area contributed by atoms with Gasteiger partial charge in [0.25, 0.3) is 0 Å². The summed E-state index contributed by atoms with van der Waals surface area (Å²) in [6.07, 6.45) is 6.40. The Morgan fingerprint density at radius 3 is 2.88 bits per heavy atom. The summed E-state index contributed by atoms with van der Waals surface area (Å²) in [5.41, 5.74) is 2.02. The smallest absolute Gasteiger partial charge is 0.163 e. The van der Waals surface area contributed by atoms with E-state index in [2.05, 4.69) is 35.6 Å². The molecule has 3 heterocycles. The number of piperidine rings is 1. The molecule has 132 valence electrons. The first-order valence-electron chi connectivity index (χ1n) is 9.23. The number of hydrogen-bond acceptors (Lipinski definition) is 5. The van der Waals surface area contributed by atoms with Crippen LogP contribution in [-0.2, 0) is 13.0 Å². The molecular weight excluding hydrogens is 302 g/mol. The van der Waals surface area contributed by atoms with Crippen molar-refractivity contribution in [1.82, 2.24) is 19.7 Å². The number of aliphatic hydroxyl groups excluding tert-OH is 1. The van der Waals surface area contributed by atoms with Crippen molar-refractivity contribution in [1.29, 1.82) is 0 Å². The van der Waals surface area contributed by atoms with Crippen LogP contribution in [0.4, 0.5) is 5.82 Å². The fourth-order valence-electron chi connectivity index (χ4n) is 3.44. The van der Waals surface area contributed by atoms with Gasteiger partial charge in [0.1, 0.15) is 12.1 Å². The second kappa shape index (κ2) is 7.47. The lowest BCUT2D eigenvalue weighted by molar-refractivity contribution is 0.154. The fourth-order valence-corrected chi connectivity index (χ4v) is 3.44. The monoisotopic (exact) mass is 331 g/mol. The third kappa shape index (κ3) is 3.53. The van der Waals surface area contributed by atoms with E-state index >= 15 is 0 Å². The number of anilines is 1. The first kappa shape index (κ1) is 17.1. The predicted octanol–water partition coefficient (Wildman–Crippen LogP) is 2.79. The highest BCUT2D eigenvalue weighted by molar-refractivity contribution is 5.90. The highest BCUT2D eigenvalue weighted by atomic mass is 16.3. The normalized spacial score (nSPS) is 18.7. The molecule has 6 nitrogen and oxygen atoms in total. The average molecular weight is 331 g/mol. The minimum atomic E-state index is -0.271. The zero-order valence-electron chi connectivity index (χ0n) is 15.1. The maximum absolute atomic E-state index is 10.0. The molecule has 1 aliphatic rings. The maximum Gasteiger partial charge on any atom is 0.163 e. The van der Waals surface area contributed by atoms with E-state index in [0.29, 0.717) is 12.5 Å². The van der Waals surface area contributed by atoms with Gasteiger partial charge in [-0.25, -0.2) is 14.6 Å². The Hall–Kier alpha value is -1.69. The molecule has 1 aliphatic heterocycles.